The second-order valence-corrected chi connectivity index (χ2v) is 12.0. The quantitative estimate of drug-likeness (QED) is 0.372. The van der Waals surface area contributed by atoms with E-state index in [9.17, 15) is 22.8 Å². The van der Waals surface area contributed by atoms with Crippen LogP contribution in [0.2, 0.25) is 0 Å². The number of alkyl halides is 4. The summed E-state index contributed by atoms with van der Waals surface area (Å²) in [7, 11) is 0. The molecule has 1 aromatic carbocycles. The molecule has 4 aliphatic rings. The predicted molar refractivity (Wildman–Crippen MR) is 147 cm³/mol. The average molecular weight is 608 g/mol. The molecule has 0 amide bonds. The molecule has 4 aliphatic heterocycles. The molecular formula is C29H34F5N7O2. The molecule has 3 N–H and O–H groups in total. The lowest BCUT2D eigenvalue weighted by Gasteiger charge is -2.37. The van der Waals surface area contributed by atoms with Crippen molar-refractivity contribution in [2.75, 3.05) is 50.0 Å². The van der Waals surface area contributed by atoms with Crippen molar-refractivity contribution in [3.8, 4) is 12.1 Å². The summed E-state index contributed by atoms with van der Waals surface area (Å²) in [6.45, 7) is 3.99. The summed E-state index contributed by atoms with van der Waals surface area (Å²) in [5.74, 6) is -0.667. The number of halogens is 5. The average Bonchev–Trinajstić information content (AvgIpc) is 3.48. The fraction of sp³-hybridized carbons (Fsp3) is 0.621. The van der Waals surface area contributed by atoms with Crippen molar-refractivity contribution in [1.82, 2.24) is 20.2 Å². The second kappa shape index (κ2) is 11.3. The molecule has 3 saturated heterocycles. The molecule has 0 bridgehead atoms. The van der Waals surface area contributed by atoms with E-state index >= 15 is 4.39 Å². The van der Waals surface area contributed by atoms with Crippen LogP contribution in [0.15, 0.2) is 6.07 Å². The number of anilines is 2. The van der Waals surface area contributed by atoms with E-state index in [1.54, 1.807) is 0 Å². The Morgan fingerprint density at radius 3 is 2.86 bits per heavy atom. The number of nitrogen functional groups attached to an aromatic ring is 1. The van der Waals surface area contributed by atoms with Crippen LogP contribution in [0.3, 0.4) is 0 Å². The fourth-order valence-corrected chi connectivity index (χ4v) is 7.18. The number of hydrogen-bond acceptors (Lipinski definition) is 9. The van der Waals surface area contributed by atoms with Crippen LogP contribution in [0.25, 0.3) is 0 Å². The van der Waals surface area contributed by atoms with Crippen molar-refractivity contribution in [2.45, 2.75) is 75.7 Å². The molecule has 2 aromatic rings. The molecular weight excluding hydrogens is 573 g/mol. The van der Waals surface area contributed by atoms with Gasteiger partial charge in [0.15, 0.2) is 5.82 Å². The number of nitrogens with one attached hydrogen (secondary N) is 1. The molecule has 1 aromatic heterocycles. The van der Waals surface area contributed by atoms with Gasteiger partial charge in [-0.25, -0.2) is 8.78 Å². The van der Waals surface area contributed by atoms with Gasteiger partial charge in [-0.2, -0.15) is 28.4 Å². The van der Waals surface area contributed by atoms with Crippen molar-refractivity contribution in [2.24, 2.45) is 0 Å². The first-order valence-electron chi connectivity index (χ1n) is 14.5. The number of hydrogen-bond donors (Lipinski definition) is 2. The Morgan fingerprint density at radius 1 is 1.28 bits per heavy atom. The van der Waals surface area contributed by atoms with Crippen molar-refractivity contribution in [1.29, 1.82) is 5.26 Å². The first kappa shape index (κ1) is 29.8. The summed E-state index contributed by atoms with van der Waals surface area (Å²) >= 11 is 0. The van der Waals surface area contributed by atoms with Gasteiger partial charge in [-0.3, -0.25) is 4.90 Å². The van der Waals surface area contributed by atoms with E-state index in [1.165, 1.54) is 6.92 Å². The molecule has 0 spiro atoms. The van der Waals surface area contributed by atoms with E-state index in [0.29, 0.717) is 49.7 Å². The van der Waals surface area contributed by atoms with Gasteiger partial charge in [-0.1, -0.05) is 0 Å². The largest absolute Gasteiger partial charge is 0.461 e. The van der Waals surface area contributed by atoms with Crippen LogP contribution in [0.4, 0.5) is 33.5 Å². The summed E-state index contributed by atoms with van der Waals surface area (Å²) in [6, 6.07) is 3.05. The molecule has 4 atom stereocenters. The summed E-state index contributed by atoms with van der Waals surface area (Å²) in [5, 5.41) is 12.5. The standard InChI is InChI=1S/C29H34F5N7O2/c1-16-9-20(36)25(31)23(24(16)29(32,33)34)22-10-21-19(14-42-22)26(40-8-6-37-18(13-40)3-5-35)39-27(38-21)43-15-28-4-2-7-41(28)12-17(30)11-28/h9,17-18,22,37H,2-4,6-8,10-15,36H2,1H3/t17-,18+,22?,28+/m1/s1. The summed E-state index contributed by atoms with van der Waals surface area (Å²) < 4.78 is 84.2. The highest BCUT2D eigenvalue weighted by Gasteiger charge is 2.49. The van der Waals surface area contributed by atoms with Gasteiger partial charge in [-0.05, 0) is 37.9 Å². The Kier molecular flexibility index (Phi) is 7.85. The molecule has 0 radical (unpaired) electrons. The van der Waals surface area contributed by atoms with Gasteiger partial charge in [0, 0.05) is 56.2 Å². The molecule has 5 heterocycles. The molecule has 0 saturated carbocycles. The second-order valence-electron chi connectivity index (χ2n) is 12.0. The number of nitrogens with two attached hydrogens (primary N) is 1. The molecule has 43 heavy (non-hydrogen) atoms. The smallest absolute Gasteiger partial charge is 0.417 e. The van der Waals surface area contributed by atoms with Gasteiger partial charge in [-0.15, -0.1) is 0 Å². The van der Waals surface area contributed by atoms with Crippen molar-refractivity contribution < 1.29 is 31.4 Å². The lowest BCUT2D eigenvalue weighted by atomic mass is 9.91. The van der Waals surface area contributed by atoms with E-state index in [0.717, 1.165) is 25.5 Å². The summed E-state index contributed by atoms with van der Waals surface area (Å²) in [4.78, 5) is 13.4. The maximum absolute atomic E-state index is 15.3. The molecule has 9 nitrogen and oxygen atoms in total. The van der Waals surface area contributed by atoms with Gasteiger partial charge in [0.2, 0.25) is 0 Å². The lowest BCUT2D eigenvalue weighted by Crippen LogP contribution is -2.51. The van der Waals surface area contributed by atoms with Crippen LogP contribution in [0.5, 0.6) is 6.01 Å². The summed E-state index contributed by atoms with van der Waals surface area (Å²) in [6.07, 6.45) is -4.90. The highest BCUT2D eigenvalue weighted by atomic mass is 19.4. The predicted octanol–water partition coefficient (Wildman–Crippen LogP) is 3.99. The monoisotopic (exact) mass is 607 g/mol. The van der Waals surface area contributed by atoms with E-state index in [1.807, 2.05) is 4.90 Å². The van der Waals surface area contributed by atoms with Crippen LogP contribution in [0, 0.1) is 24.1 Å². The maximum Gasteiger partial charge on any atom is 0.417 e. The number of benzene rings is 1. The van der Waals surface area contributed by atoms with Crippen molar-refractivity contribution >= 4 is 11.5 Å². The van der Waals surface area contributed by atoms with E-state index in [-0.39, 0.29) is 43.7 Å². The van der Waals surface area contributed by atoms with Gasteiger partial charge in [0.05, 0.1) is 47.7 Å². The third-order valence-corrected chi connectivity index (χ3v) is 9.11. The Morgan fingerprint density at radius 2 is 2.09 bits per heavy atom. The number of nitrogens with zero attached hydrogens (tertiary/aromatic N) is 5. The zero-order valence-corrected chi connectivity index (χ0v) is 23.8. The van der Waals surface area contributed by atoms with Crippen molar-refractivity contribution in [3.05, 3.63) is 39.8 Å². The van der Waals surface area contributed by atoms with Gasteiger partial charge < -0.3 is 25.4 Å². The first-order valence-corrected chi connectivity index (χ1v) is 14.5. The molecule has 1 unspecified atom stereocenters. The highest BCUT2D eigenvalue weighted by molar-refractivity contribution is 5.55. The third kappa shape index (κ3) is 5.58. The van der Waals surface area contributed by atoms with Gasteiger partial charge in [0.1, 0.15) is 18.6 Å². The zero-order valence-electron chi connectivity index (χ0n) is 23.8. The van der Waals surface area contributed by atoms with E-state index in [2.05, 4.69) is 21.3 Å². The number of nitriles is 1. The lowest BCUT2D eigenvalue weighted by molar-refractivity contribution is -0.140. The minimum Gasteiger partial charge on any atom is -0.461 e. The van der Waals surface area contributed by atoms with Crippen LogP contribution in [-0.2, 0) is 23.9 Å². The minimum absolute atomic E-state index is 0.0218. The number of piperazine rings is 1. The highest BCUT2D eigenvalue weighted by Crippen LogP contribution is 2.45. The maximum atomic E-state index is 15.3. The molecule has 6 rings (SSSR count). The Hall–Kier alpha value is -3.28. The topological polar surface area (TPSA) is 113 Å². The summed E-state index contributed by atoms with van der Waals surface area (Å²) in [5.41, 5.74) is 3.91. The Balaban J connectivity index is 1.37. The minimum atomic E-state index is -4.83. The zero-order chi connectivity index (χ0) is 30.5. The van der Waals surface area contributed by atoms with Crippen LogP contribution < -0.4 is 20.7 Å². The molecule has 0 aliphatic carbocycles. The van der Waals surface area contributed by atoms with E-state index < -0.39 is 46.6 Å². The van der Waals surface area contributed by atoms with Crippen molar-refractivity contribution in [3.63, 3.8) is 0 Å². The number of fused-ring (bicyclic) bond motifs is 2. The first-order chi connectivity index (χ1) is 20.5. The molecule has 232 valence electrons. The van der Waals surface area contributed by atoms with Crippen LogP contribution in [-0.4, -0.2) is 72.0 Å². The van der Waals surface area contributed by atoms with Crippen LogP contribution in [0.1, 0.15) is 59.7 Å². The number of aromatic nitrogens is 2. The van der Waals surface area contributed by atoms with Crippen LogP contribution >= 0.6 is 0 Å². The normalized spacial score (nSPS) is 27.6. The number of ether oxygens (including phenoxy) is 2. The Labute approximate surface area is 246 Å². The SMILES string of the molecule is Cc1cc(N)c(F)c(C2Cc3nc(OC[C@@]45CCCN4C[C@H](F)C5)nc(N4CCN[C@@H](CC#N)C4)c3CO2)c1C(F)(F)F. The Bertz CT molecular complexity index is 1430. The number of rotatable bonds is 6. The van der Waals surface area contributed by atoms with E-state index in [4.69, 9.17) is 20.2 Å². The third-order valence-electron chi connectivity index (χ3n) is 9.11. The molecule has 14 heteroatoms. The molecule has 3 fully saturated rings. The van der Waals surface area contributed by atoms with Gasteiger partial charge >= 0.3 is 12.2 Å². The van der Waals surface area contributed by atoms with Gasteiger partial charge in [0.25, 0.3) is 0 Å². The fourth-order valence-electron chi connectivity index (χ4n) is 7.18. The number of aryl methyl sites for hydroxylation is 1.